The van der Waals surface area contributed by atoms with Crippen LogP contribution in [0.3, 0.4) is 0 Å². The van der Waals surface area contributed by atoms with Crippen molar-refractivity contribution in [1.29, 1.82) is 0 Å². The maximum absolute atomic E-state index is 11.8. The van der Waals surface area contributed by atoms with Crippen molar-refractivity contribution in [3.63, 3.8) is 0 Å². The van der Waals surface area contributed by atoms with Gasteiger partial charge in [-0.25, -0.2) is 4.79 Å². The van der Waals surface area contributed by atoms with Crippen LogP contribution in [0, 0.1) is 0 Å². The minimum absolute atomic E-state index is 0.0758. The Morgan fingerprint density at radius 3 is 2.26 bits per heavy atom. The number of hydrogen-bond donors (Lipinski definition) is 2. The fourth-order valence-corrected chi connectivity index (χ4v) is 2.21. The number of carbonyl (C=O) groups excluding carboxylic acids is 2. The molecule has 0 aromatic heterocycles. The van der Waals surface area contributed by atoms with Crippen molar-refractivity contribution in [2.45, 2.75) is 65.1 Å². The van der Waals surface area contributed by atoms with Crippen molar-refractivity contribution in [1.82, 2.24) is 10.6 Å². The van der Waals surface area contributed by atoms with E-state index in [2.05, 4.69) is 17.6 Å². The molecule has 2 N–H and O–H groups in total. The van der Waals surface area contributed by atoms with Crippen molar-refractivity contribution in [3.05, 3.63) is 35.9 Å². The molecule has 0 heterocycles. The van der Waals surface area contributed by atoms with Crippen LogP contribution in [0.25, 0.3) is 0 Å². The number of ether oxygens (including phenoxy) is 1. The quantitative estimate of drug-likeness (QED) is 0.685. The highest BCUT2D eigenvalue weighted by molar-refractivity contribution is 5.74. The Bertz CT molecular complexity index is 476. The smallest absolute Gasteiger partial charge is 0.315 e. The second-order valence-electron chi connectivity index (χ2n) is 5.89. The normalized spacial score (nSPS) is 13.0. The summed E-state index contributed by atoms with van der Waals surface area (Å²) in [6, 6.07) is 9.47. The van der Waals surface area contributed by atoms with Gasteiger partial charge in [-0.2, -0.15) is 0 Å². The zero-order valence-electron chi connectivity index (χ0n) is 14.3. The van der Waals surface area contributed by atoms with Crippen LogP contribution < -0.4 is 10.6 Å². The zero-order valence-corrected chi connectivity index (χ0v) is 14.3. The van der Waals surface area contributed by atoms with Gasteiger partial charge in [0.25, 0.3) is 0 Å². The molecule has 0 aliphatic heterocycles. The molecule has 2 atom stereocenters. The topological polar surface area (TPSA) is 67.4 Å². The van der Waals surface area contributed by atoms with E-state index >= 15 is 0 Å². The van der Waals surface area contributed by atoms with Gasteiger partial charge in [0.15, 0.2) is 0 Å². The van der Waals surface area contributed by atoms with Crippen molar-refractivity contribution in [3.8, 4) is 0 Å². The third-order valence-corrected chi connectivity index (χ3v) is 3.50. The fourth-order valence-electron chi connectivity index (χ4n) is 2.21. The van der Waals surface area contributed by atoms with Gasteiger partial charge in [-0.3, -0.25) is 4.79 Å². The lowest BCUT2D eigenvalue weighted by Gasteiger charge is -2.17. The Labute approximate surface area is 138 Å². The van der Waals surface area contributed by atoms with Gasteiger partial charge < -0.3 is 15.4 Å². The lowest BCUT2D eigenvalue weighted by atomic mass is 10.2. The largest absolute Gasteiger partial charge is 0.461 e. The Hall–Kier alpha value is -2.04. The first-order chi connectivity index (χ1) is 11.0. The van der Waals surface area contributed by atoms with E-state index in [0.717, 1.165) is 18.4 Å². The number of nitrogens with one attached hydrogen (secondary N) is 2. The summed E-state index contributed by atoms with van der Waals surface area (Å²) in [4.78, 5) is 23.5. The van der Waals surface area contributed by atoms with E-state index in [4.69, 9.17) is 4.74 Å². The van der Waals surface area contributed by atoms with E-state index in [0.29, 0.717) is 12.8 Å². The molecule has 2 amide bonds. The average molecular weight is 320 g/mol. The molecule has 1 aromatic rings. The summed E-state index contributed by atoms with van der Waals surface area (Å²) < 4.78 is 5.21. The summed E-state index contributed by atoms with van der Waals surface area (Å²) >= 11 is 0. The molecule has 128 valence electrons. The summed E-state index contributed by atoms with van der Waals surface area (Å²) in [6.07, 6.45) is 2.83. The van der Waals surface area contributed by atoms with Gasteiger partial charge in [0, 0.05) is 18.5 Å². The van der Waals surface area contributed by atoms with Crippen molar-refractivity contribution >= 4 is 12.0 Å². The number of rotatable bonds is 9. The first-order valence-corrected chi connectivity index (χ1v) is 8.27. The molecule has 0 bridgehead atoms. The molecule has 0 radical (unpaired) electrons. The van der Waals surface area contributed by atoms with Gasteiger partial charge in [0.2, 0.25) is 0 Å². The summed E-state index contributed by atoms with van der Waals surface area (Å²) in [6.45, 7) is 6.24. The molecule has 0 aliphatic rings. The van der Waals surface area contributed by atoms with Crippen molar-refractivity contribution < 1.29 is 14.3 Å². The third kappa shape index (κ3) is 8.86. The predicted molar refractivity (Wildman–Crippen MR) is 91.0 cm³/mol. The average Bonchev–Trinajstić information content (AvgIpc) is 2.52. The predicted octanol–water partition coefficient (Wildman–Crippen LogP) is 3.39. The molecule has 0 aliphatic carbocycles. The molecule has 0 unspecified atom stereocenters. The van der Waals surface area contributed by atoms with Crippen LogP contribution in [-0.2, 0) is 16.1 Å². The summed E-state index contributed by atoms with van der Waals surface area (Å²) in [5.74, 6) is -0.248. The number of hydrogen-bond acceptors (Lipinski definition) is 3. The van der Waals surface area contributed by atoms with E-state index in [1.54, 1.807) is 0 Å². The van der Waals surface area contributed by atoms with Gasteiger partial charge in [-0.15, -0.1) is 0 Å². The number of urea groups is 1. The summed E-state index contributed by atoms with van der Waals surface area (Å²) in [7, 11) is 0. The Morgan fingerprint density at radius 1 is 1.04 bits per heavy atom. The highest BCUT2D eigenvalue weighted by Crippen LogP contribution is 2.04. The highest BCUT2D eigenvalue weighted by atomic mass is 16.5. The van der Waals surface area contributed by atoms with Gasteiger partial charge in [0.05, 0.1) is 0 Å². The minimum atomic E-state index is -0.248. The lowest BCUT2D eigenvalue weighted by Crippen LogP contribution is -2.44. The first kappa shape index (κ1) is 19.0. The van der Waals surface area contributed by atoms with Gasteiger partial charge in [-0.05, 0) is 32.3 Å². The van der Waals surface area contributed by atoms with Gasteiger partial charge in [0.1, 0.15) is 6.61 Å². The maximum Gasteiger partial charge on any atom is 0.315 e. The van der Waals surface area contributed by atoms with E-state index in [9.17, 15) is 9.59 Å². The molecule has 5 heteroatoms. The SMILES string of the molecule is CCC[C@@H](C)NC(=O)N[C@H](C)CCC(=O)OCc1ccccc1. The van der Waals surface area contributed by atoms with E-state index < -0.39 is 0 Å². The number of amides is 2. The summed E-state index contributed by atoms with van der Waals surface area (Å²) in [5, 5.41) is 5.72. The number of esters is 1. The van der Waals surface area contributed by atoms with Crippen LogP contribution in [-0.4, -0.2) is 24.1 Å². The molecule has 23 heavy (non-hydrogen) atoms. The molecule has 0 saturated carbocycles. The van der Waals surface area contributed by atoms with Crippen LogP contribution in [0.4, 0.5) is 4.79 Å². The lowest BCUT2D eigenvalue weighted by molar-refractivity contribution is -0.145. The van der Waals surface area contributed by atoms with Crippen LogP contribution >= 0.6 is 0 Å². The number of carbonyl (C=O) groups is 2. The second kappa shape index (κ2) is 10.6. The maximum atomic E-state index is 11.8. The second-order valence-corrected chi connectivity index (χ2v) is 5.89. The molecular weight excluding hydrogens is 292 g/mol. The number of benzene rings is 1. The van der Waals surface area contributed by atoms with Crippen LogP contribution in [0.15, 0.2) is 30.3 Å². The fraction of sp³-hybridized carbons (Fsp3) is 0.556. The van der Waals surface area contributed by atoms with Crippen molar-refractivity contribution in [2.24, 2.45) is 0 Å². The molecular formula is C18H28N2O3. The molecule has 0 saturated heterocycles. The first-order valence-electron chi connectivity index (χ1n) is 8.27. The van der Waals surface area contributed by atoms with E-state index in [-0.39, 0.29) is 30.7 Å². The van der Waals surface area contributed by atoms with Crippen LogP contribution in [0.1, 0.15) is 52.0 Å². The monoisotopic (exact) mass is 320 g/mol. The van der Waals surface area contributed by atoms with Crippen LogP contribution in [0.2, 0.25) is 0 Å². The molecule has 1 rings (SSSR count). The minimum Gasteiger partial charge on any atom is -0.461 e. The Kier molecular flexibility index (Phi) is 8.80. The van der Waals surface area contributed by atoms with Gasteiger partial charge >= 0.3 is 12.0 Å². The van der Waals surface area contributed by atoms with Crippen molar-refractivity contribution in [2.75, 3.05) is 0 Å². The molecule has 1 aromatic carbocycles. The standard InChI is InChI=1S/C18H28N2O3/c1-4-8-14(2)19-18(22)20-15(3)11-12-17(21)23-13-16-9-6-5-7-10-16/h5-7,9-10,14-15H,4,8,11-13H2,1-3H3,(H2,19,20,22)/t14-,15-/m1/s1. The molecule has 5 nitrogen and oxygen atoms in total. The van der Waals surface area contributed by atoms with Gasteiger partial charge in [-0.1, -0.05) is 43.7 Å². The Morgan fingerprint density at radius 2 is 1.65 bits per heavy atom. The summed E-state index contributed by atoms with van der Waals surface area (Å²) in [5.41, 5.74) is 0.969. The highest BCUT2D eigenvalue weighted by Gasteiger charge is 2.12. The van der Waals surface area contributed by atoms with E-state index in [1.165, 1.54) is 0 Å². The third-order valence-electron chi connectivity index (χ3n) is 3.50. The van der Waals surface area contributed by atoms with Crippen LogP contribution in [0.5, 0.6) is 0 Å². The zero-order chi connectivity index (χ0) is 17.1. The van der Waals surface area contributed by atoms with E-state index in [1.807, 2.05) is 44.2 Å². The molecule has 0 spiro atoms. The molecule has 0 fully saturated rings. The Balaban J connectivity index is 2.18.